The third-order valence-corrected chi connectivity index (χ3v) is 6.35. The fraction of sp³-hybridized carbons (Fsp3) is 0.529. The number of Topliss-reactive ketones (excluding diaryl/α,β-unsaturated/α-hetero) is 1. The molecule has 0 radical (unpaired) electrons. The topological polar surface area (TPSA) is 58.2 Å². The molecule has 4 nitrogen and oxygen atoms in total. The minimum atomic E-state index is -0.642. The molecule has 116 valence electrons. The van der Waals surface area contributed by atoms with Crippen LogP contribution in [0.3, 0.4) is 0 Å². The summed E-state index contributed by atoms with van der Waals surface area (Å²) in [4.78, 5) is 24.8. The van der Waals surface area contributed by atoms with E-state index in [1.165, 1.54) is 5.57 Å². The first-order valence-electron chi connectivity index (χ1n) is 7.82. The van der Waals surface area contributed by atoms with Crippen molar-refractivity contribution in [3.05, 3.63) is 33.6 Å². The number of rotatable bonds is 0. The van der Waals surface area contributed by atoms with Crippen LogP contribution in [-0.2, 0) is 9.59 Å². The molecular weight excluding hydrogens is 300 g/mol. The third kappa shape index (κ3) is 1.54. The Labute approximate surface area is 134 Å². The Bertz CT molecular complexity index is 718. The van der Waals surface area contributed by atoms with E-state index in [1.807, 2.05) is 6.08 Å². The number of hydrogen-bond acceptors (Lipinski definition) is 3. The average Bonchev–Trinajstić information content (AvgIpc) is 2.77. The predicted octanol–water partition coefficient (Wildman–Crippen LogP) is 2.37. The van der Waals surface area contributed by atoms with Crippen LogP contribution in [0.1, 0.15) is 33.6 Å². The zero-order valence-corrected chi connectivity index (χ0v) is 13.7. The van der Waals surface area contributed by atoms with E-state index in [4.69, 9.17) is 11.6 Å². The lowest BCUT2D eigenvalue weighted by Gasteiger charge is -2.43. The molecular formula is C17H19ClN2O2. The van der Waals surface area contributed by atoms with Crippen LogP contribution in [0, 0.1) is 17.3 Å². The summed E-state index contributed by atoms with van der Waals surface area (Å²) < 4.78 is 0. The second-order valence-corrected chi connectivity index (χ2v) is 7.47. The first-order chi connectivity index (χ1) is 10.3. The van der Waals surface area contributed by atoms with Gasteiger partial charge in [-0.1, -0.05) is 32.4 Å². The highest BCUT2D eigenvalue weighted by Crippen LogP contribution is 2.55. The molecule has 0 aromatic heterocycles. The van der Waals surface area contributed by atoms with Gasteiger partial charge in [0.2, 0.25) is 0 Å². The molecule has 22 heavy (non-hydrogen) atoms. The zero-order chi connectivity index (χ0) is 15.8. The van der Waals surface area contributed by atoms with Gasteiger partial charge in [0.05, 0.1) is 5.57 Å². The van der Waals surface area contributed by atoms with Gasteiger partial charge >= 0.3 is 0 Å². The highest BCUT2D eigenvalue weighted by atomic mass is 35.5. The van der Waals surface area contributed by atoms with Crippen molar-refractivity contribution in [3.8, 4) is 0 Å². The highest BCUT2D eigenvalue weighted by molar-refractivity contribution is 6.46. The molecule has 3 heterocycles. The Morgan fingerprint density at radius 3 is 2.73 bits per heavy atom. The van der Waals surface area contributed by atoms with E-state index >= 15 is 0 Å². The fourth-order valence-corrected chi connectivity index (χ4v) is 5.05. The van der Waals surface area contributed by atoms with Crippen LogP contribution in [0.4, 0.5) is 0 Å². The number of halogens is 1. The molecule has 2 N–H and O–H groups in total. The summed E-state index contributed by atoms with van der Waals surface area (Å²) in [6.07, 6.45) is 3.72. The number of nitrogens with one attached hydrogen (secondary N) is 2. The second kappa shape index (κ2) is 4.25. The molecule has 0 aromatic carbocycles. The Morgan fingerprint density at radius 2 is 2.00 bits per heavy atom. The molecule has 3 aliphatic heterocycles. The fourth-order valence-electron chi connectivity index (χ4n) is 4.74. The van der Waals surface area contributed by atoms with E-state index in [1.54, 1.807) is 0 Å². The monoisotopic (exact) mass is 318 g/mol. The van der Waals surface area contributed by atoms with Crippen molar-refractivity contribution in [1.82, 2.24) is 10.6 Å². The van der Waals surface area contributed by atoms with Crippen LogP contribution >= 0.6 is 11.6 Å². The van der Waals surface area contributed by atoms with Gasteiger partial charge in [-0.05, 0) is 41.9 Å². The van der Waals surface area contributed by atoms with Crippen molar-refractivity contribution in [2.75, 3.05) is 0 Å². The molecule has 4 atom stereocenters. The lowest BCUT2D eigenvalue weighted by Crippen LogP contribution is -2.43. The molecule has 0 spiro atoms. The maximum atomic E-state index is 12.7. The Balaban J connectivity index is 2.07. The number of amides is 1. The Hall–Kier alpha value is -1.55. The van der Waals surface area contributed by atoms with Crippen LogP contribution in [0.25, 0.3) is 0 Å². The predicted molar refractivity (Wildman–Crippen MR) is 83.7 cm³/mol. The highest BCUT2D eigenvalue weighted by Gasteiger charge is 2.53. The first kappa shape index (κ1) is 14.1. The molecule has 0 saturated heterocycles. The maximum absolute atomic E-state index is 12.7. The lowest BCUT2D eigenvalue weighted by molar-refractivity contribution is -0.135. The molecule has 4 aliphatic rings. The number of carbonyl (C=O) groups is 2. The van der Waals surface area contributed by atoms with Crippen LogP contribution < -0.4 is 10.6 Å². The Kier molecular flexibility index (Phi) is 2.72. The maximum Gasteiger partial charge on any atom is 0.297 e. The average molecular weight is 319 g/mol. The summed E-state index contributed by atoms with van der Waals surface area (Å²) >= 11 is 6.20. The minimum Gasteiger partial charge on any atom is -0.381 e. The number of hydrogen-bond donors (Lipinski definition) is 2. The van der Waals surface area contributed by atoms with Crippen molar-refractivity contribution in [3.63, 3.8) is 0 Å². The normalized spacial score (nSPS) is 40.0. The SMILES string of the molecule is CC1C2=C3NC1C(C)C1(C)C=C(Cl)NC(=O)C(=O)C3=C1CC2. The molecule has 1 aliphatic carbocycles. The molecule has 4 unspecified atom stereocenters. The molecule has 0 aromatic rings. The van der Waals surface area contributed by atoms with Gasteiger partial charge in [0.1, 0.15) is 5.16 Å². The van der Waals surface area contributed by atoms with Crippen LogP contribution in [0.15, 0.2) is 33.6 Å². The summed E-state index contributed by atoms with van der Waals surface area (Å²) in [6, 6.07) is 0.268. The molecule has 1 amide bonds. The number of fused-ring (bicyclic) bond motifs is 1. The molecule has 5 heteroatoms. The van der Waals surface area contributed by atoms with E-state index in [0.717, 1.165) is 24.1 Å². The summed E-state index contributed by atoms with van der Waals surface area (Å²) in [6.45, 7) is 6.56. The van der Waals surface area contributed by atoms with Gasteiger partial charge in [-0.2, -0.15) is 0 Å². The molecule has 5 bridgehead atoms. The van der Waals surface area contributed by atoms with Crippen molar-refractivity contribution in [1.29, 1.82) is 0 Å². The van der Waals surface area contributed by atoms with Gasteiger partial charge in [0.25, 0.3) is 11.7 Å². The minimum absolute atomic E-state index is 0.254. The summed E-state index contributed by atoms with van der Waals surface area (Å²) in [5.41, 5.74) is 3.56. The van der Waals surface area contributed by atoms with E-state index in [0.29, 0.717) is 11.5 Å². The number of carbonyl (C=O) groups excluding carboxylic acids is 2. The van der Waals surface area contributed by atoms with Crippen molar-refractivity contribution in [2.24, 2.45) is 17.3 Å². The first-order valence-corrected chi connectivity index (χ1v) is 8.20. The van der Waals surface area contributed by atoms with Crippen molar-refractivity contribution < 1.29 is 9.59 Å². The van der Waals surface area contributed by atoms with Crippen LogP contribution in [-0.4, -0.2) is 17.7 Å². The van der Waals surface area contributed by atoms with Gasteiger partial charge in [0, 0.05) is 17.2 Å². The zero-order valence-electron chi connectivity index (χ0n) is 12.9. The van der Waals surface area contributed by atoms with Gasteiger partial charge in [-0.25, -0.2) is 0 Å². The van der Waals surface area contributed by atoms with Gasteiger partial charge in [-0.3, -0.25) is 9.59 Å². The second-order valence-electron chi connectivity index (χ2n) is 7.06. The van der Waals surface area contributed by atoms with Crippen LogP contribution in [0.2, 0.25) is 0 Å². The lowest BCUT2D eigenvalue weighted by atomic mass is 9.61. The summed E-state index contributed by atoms with van der Waals surface area (Å²) in [5, 5.41) is 6.32. The number of ketones is 1. The molecule has 4 rings (SSSR count). The Morgan fingerprint density at radius 1 is 1.27 bits per heavy atom. The van der Waals surface area contributed by atoms with Gasteiger partial charge in [-0.15, -0.1) is 0 Å². The van der Waals surface area contributed by atoms with E-state index < -0.39 is 11.7 Å². The van der Waals surface area contributed by atoms with Gasteiger partial charge < -0.3 is 10.6 Å². The third-order valence-electron chi connectivity index (χ3n) is 6.14. The van der Waals surface area contributed by atoms with Crippen molar-refractivity contribution in [2.45, 2.75) is 39.7 Å². The summed E-state index contributed by atoms with van der Waals surface area (Å²) in [7, 11) is 0. The quantitative estimate of drug-likeness (QED) is 0.532. The van der Waals surface area contributed by atoms with E-state index in [2.05, 4.69) is 31.4 Å². The van der Waals surface area contributed by atoms with E-state index in [-0.39, 0.29) is 22.5 Å². The molecule has 0 fully saturated rings. The van der Waals surface area contributed by atoms with Gasteiger partial charge in [0.15, 0.2) is 0 Å². The molecule has 0 saturated carbocycles. The van der Waals surface area contributed by atoms with E-state index in [9.17, 15) is 9.59 Å². The van der Waals surface area contributed by atoms with Crippen LogP contribution in [0.5, 0.6) is 0 Å². The van der Waals surface area contributed by atoms with Crippen molar-refractivity contribution >= 4 is 23.3 Å². The number of allylic oxidation sites excluding steroid dienone is 3. The largest absolute Gasteiger partial charge is 0.381 e. The standard InChI is InChI=1S/C17H19ClN2O2/c1-7-9-4-5-10-12-14(9)20-13(7)8(2)17(10,3)6-11(18)19-16(22)15(12)21/h6-8,13,20H,4-5H2,1-3H3,(H,19,22). The summed E-state index contributed by atoms with van der Waals surface area (Å²) in [5.74, 6) is -0.450. The smallest absolute Gasteiger partial charge is 0.297 e.